The van der Waals surface area contributed by atoms with E-state index in [0.29, 0.717) is 15.8 Å². The third-order valence-electron chi connectivity index (χ3n) is 4.34. The van der Waals surface area contributed by atoms with E-state index in [4.69, 9.17) is 0 Å². The van der Waals surface area contributed by atoms with Gasteiger partial charge < -0.3 is 9.88 Å². The molecule has 0 unspecified atom stereocenters. The van der Waals surface area contributed by atoms with Crippen molar-refractivity contribution < 1.29 is 9.18 Å². The number of halogens is 1. The van der Waals surface area contributed by atoms with Gasteiger partial charge in [0, 0.05) is 17.6 Å². The van der Waals surface area contributed by atoms with Crippen LogP contribution in [0.3, 0.4) is 0 Å². The average molecular weight is 392 g/mol. The second-order valence-corrected chi connectivity index (χ2v) is 7.34. The number of hydrogen-bond acceptors (Lipinski definition) is 4. The van der Waals surface area contributed by atoms with Crippen molar-refractivity contribution >= 4 is 34.6 Å². The Bertz CT molecular complexity index is 1100. The van der Waals surface area contributed by atoms with Gasteiger partial charge in [-0.2, -0.15) is 0 Å². The van der Waals surface area contributed by atoms with Crippen LogP contribution >= 0.6 is 11.8 Å². The predicted octanol–water partition coefficient (Wildman–Crippen LogP) is 4.52. The smallest absolute Gasteiger partial charge is 0.264 e. The number of amidine groups is 1. The lowest BCUT2D eigenvalue weighted by Crippen LogP contribution is -2.19. The van der Waals surface area contributed by atoms with E-state index in [1.54, 1.807) is 18.3 Å². The molecule has 0 atom stereocenters. The molecule has 0 aliphatic carbocycles. The lowest BCUT2D eigenvalue weighted by Gasteiger charge is -2.07. The van der Waals surface area contributed by atoms with Gasteiger partial charge in [0.15, 0.2) is 5.17 Å². The average Bonchev–Trinajstić information content (AvgIpc) is 3.16. The van der Waals surface area contributed by atoms with Gasteiger partial charge >= 0.3 is 0 Å². The monoisotopic (exact) mass is 392 g/mol. The summed E-state index contributed by atoms with van der Waals surface area (Å²) in [4.78, 5) is 21.7. The molecule has 1 aromatic carbocycles. The van der Waals surface area contributed by atoms with Crippen LogP contribution < -0.4 is 5.32 Å². The first-order chi connectivity index (χ1) is 13.5. The fraction of sp³-hybridized carbons (Fsp3) is 0.0952. The van der Waals surface area contributed by atoms with Gasteiger partial charge in [0.05, 0.1) is 10.6 Å². The molecule has 1 aliphatic rings. The number of nitrogens with one attached hydrogen (secondary N) is 1. The van der Waals surface area contributed by atoms with Crippen molar-refractivity contribution in [2.45, 2.75) is 13.8 Å². The number of carbonyl (C=O) groups excluding carboxylic acids is 1. The maximum Gasteiger partial charge on any atom is 0.264 e. The first-order valence-corrected chi connectivity index (χ1v) is 9.48. The number of aryl methyl sites for hydroxylation is 1. The zero-order chi connectivity index (χ0) is 19.7. The Labute approximate surface area is 166 Å². The number of carbonyl (C=O) groups is 1. The Balaban J connectivity index is 1.63. The Hall–Kier alpha value is -3.19. The van der Waals surface area contributed by atoms with Gasteiger partial charge in [-0.05, 0) is 79.7 Å². The van der Waals surface area contributed by atoms with E-state index in [2.05, 4.69) is 19.9 Å². The number of nitrogens with zero attached hydrogens (tertiary/aromatic N) is 3. The summed E-state index contributed by atoms with van der Waals surface area (Å²) in [5, 5.41) is 3.23. The van der Waals surface area contributed by atoms with E-state index >= 15 is 0 Å². The molecular formula is C21H17FN4OS. The molecule has 140 valence electrons. The summed E-state index contributed by atoms with van der Waals surface area (Å²) in [6.45, 7) is 4.01. The Morgan fingerprint density at radius 3 is 2.68 bits per heavy atom. The highest BCUT2D eigenvalue weighted by molar-refractivity contribution is 8.18. The number of thioether (sulfide) groups is 1. The molecule has 3 aromatic rings. The number of benzene rings is 1. The number of hydrogen-bond donors (Lipinski definition) is 1. The van der Waals surface area contributed by atoms with Crippen LogP contribution in [-0.4, -0.2) is 20.6 Å². The molecule has 2 aromatic heterocycles. The van der Waals surface area contributed by atoms with Gasteiger partial charge in [0.1, 0.15) is 11.6 Å². The SMILES string of the molecule is Cc1cc(/C=C2/SC(=Nc3ccc(F)cc3)NC2=O)c(C)n1-c1ccccn1. The molecule has 1 amide bonds. The highest BCUT2D eigenvalue weighted by Gasteiger charge is 2.24. The first-order valence-electron chi connectivity index (χ1n) is 8.67. The summed E-state index contributed by atoms with van der Waals surface area (Å²) in [7, 11) is 0. The van der Waals surface area contributed by atoms with E-state index in [1.165, 1.54) is 23.9 Å². The molecule has 1 saturated heterocycles. The molecule has 4 rings (SSSR count). The molecule has 1 aliphatic heterocycles. The number of aromatic nitrogens is 2. The fourth-order valence-corrected chi connectivity index (χ4v) is 3.86. The Morgan fingerprint density at radius 2 is 1.96 bits per heavy atom. The molecular weight excluding hydrogens is 375 g/mol. The van der Waals surface area contributed by atoms with E-state index in [-0.39, 0.29) is 11.7 Å². The third-order valence-corrected chi connectivity index (χ3v) is 5.25. The van der Waals surface area contributed by atoms with Crippen molar-refractivity contribution in [2.75, 3.05) is 0 Å². The van der Waals surface area contributed by atoms with Gasteiger partial charge in [-0.15, -0.1) is 0 Å². The van der Waals surface area contributed by atoms with Crippen molar-refractivity contribution in [3.8, 4) is 5.82 Å². The Morgan fingerprint density at radius 1 is 1.18 bits per heavy atom. The second kappa shape index (κ2) is 7.44. The maximum atomic E-state index is 13.0. The van der Waals surface area contributed by atoms with Crippen molar-refractivity contribution in [1.82, 2.24) is 14.9 Å². The zero-order valence-electron chi connectivity index (χ0n) is 15.3. The second-order valence-electron chi connectivity index (χ2n) is 6.31. The fourth-order valence-electron chi connectivity index (χ4n) is 3.03. The minimum Gasteiger partial charge on any atom is -0.303 e. The minimum atomic E-state index is -0.323. The normalized spacial score (nSPS) is 16.8. The molecule has 28 heavy (non-hydrogen) atoms. The van der Waals surface area contributed by atoms with Crippen LogP contribution in [0.1, 0.15) is 17.0 Å². The molecule has 0 spiro atoms. The molecule has 0 saturated carbocycles. The quantitative estimate of drug-likeness (QED) is 0.667. The van der Waals surface area contributed by atoms with E-state index in [0.717, 1.165) is 22.8 Å². The first kappa shape index (κ1) is 18.2. The number of rotatable bonds is 3. The number of pyridine rings is 1. The molecule has 1 N–H and O–H groups in total. The summed E-state index contributed by atoms with van der Waals surface area (Å²) in [6.07, 6.45) is 3.61. The molecule has 0 radical (unpaired) electrons. The minimum absolute atomic E-state index is 0.200. The standard InChI is InChI=1S/C21H17FN4OS/c1-13-11-15(14(2)26(13)19-5-3-4-10-23-19)12-18-20(27)25-21(28-18)24-17-8-6-16(22)7-9-17/h3-12H,1-2H3,(H,24,25,27)/b18-12+. The van der Waals surface area contributed by atoms with Crippen molar-refractivity contribution in [3.05, 3.63) is 82.4 Å². The van der Waals surface area contributed by atoms with E-state index < -0.39 is 0 Å². The summed E-state index contributed by atoms with van der Waals surface area (Å²) < 4.78 is 15.1. The highest BCUT2D eigenvalue weighted by atomic mass is 32.2. The van der Waals surface area contributed by atoms with Crippen LogP contribution in [0.4, 0.5) is 10.1 Å². The van der Waals surface area contributed by atoms with Crippen LogP contribution in [0, 0.1) is 19.7 Å². The molecule has 7 heteroatoms. The zero-order valence-corrected chi connectivity index (χ0v) is 16.1. The van der Waals surface area contributed by atoms with Crippen LogP contribution in [0.25, 0.3) is 11.9 Å². The lowest BCUT2D eigenvalue weighted by molar-refractivity contribution is -0.115. The molecule has 1 fully saturated rings. The van der Waals surface area contributed by atoms with Gasteiger partial charge in [-0.3, -0.25) is 4.79 Å². The predicted molar refractivity (Wildman–Crippen MR) is 110 cm³/mol. The molecule has 3 heterocycles. The lowest BCUT2D eigenvalue weighted by atomic mass is 10.2. The van der Waals surface area contributed by atoms with E-state index in [1.807, 2.05) is 44.2 Å². The molecule has 5 nitrogen and oxygen atoms in total. The van der Waals surface area contributed by atoms with Crippen molar-refractivity contribution in [2.24, 2.45) is 4.99 Å². The van der Waals surface area contributed by atoms with Gasteiger partial charge in [-0.1, -0.05) is 6.07 Å². The molecule has 0 bridgehead atoms. The highest BCUT2D eigenvalue weighted by Crippen LogP contribution is 2.30. The summed E-state index contributed by atoms with van der Waals surface area (Å²) in [6, 6.07) is 13.6. The van der Waals surface area contributed by atoms with Crippen molar-refractivity contribution in [3.63, 3.8) is 0 Å². The third kappa shape index (κ3) is 3.61. The maximum absolute atomic E-state index is 13.0. The van der Waals surface area contributed by atoms with Crippen LogP contribution in [-0.2, 0) is 4.79 Å². The van der Waals surface area contributed by atoms with Crippen LogP contribution in [0.15, 0.2) is 64.6 Å². The van der Waals surface area contributed by atoms with Gasteiger partial charge in [-0.25, -0.2) is 14.4 Å². The Kier molecular flexibility index (Phi) is 4.83. The summed E-state index contributed by atoms with van der Waals surface area (Å²) in [5.74, 6) is 0.314. The summed E-state index contributed by atoms with van der Waals surface area (Å²) >= 11 is 1.26. The van der Waals surface area contributed by atoms with Crippen molar-refractivity contribution in [1.29, 1.82) is 0 Å². The number of aliphatic imine (C=N–C) groups is 1. The van der Waals surface area contributed by atoms with Gasteiger partial charge in [0.2, 0.25) is 0 Å². The number of amides is 1. The van der Waals surface area contributed by atoms with Gasteiger partial charge in [0.25, 0.3) is 5.91 Å². The van der Waals surface area contributed by atoms with Crippen LogP contribution in [0.2, 0.25) is 0 Å². The largest absolute Gasteiger partial charge is 0.303 e. The van der Waals surface area contributed by atoms with Crippen LogP contribution in [0.5, 0.6) is 0 Å². The topological polar surface area (TPSA) is 59.3 Å². The van der Waals surface area contributed by atoms with E-state index in [9.17, 15) is 9.18 Å². The summed E-state index contributed by atoms with van der Waals surface area (Å²) in [5.41, 5.74) is 3.57.